The number of nitrogen functional groups attached to an aromatic ring is 1. The topological polar surface area (TPSA) is 80.0 Å². The lowest BCUT2D eigenvalue weighted by molar-refractivity contribution is 0.102. The van der Waals surface area contributed by atoms with Crippen molar-refractivity contribution in [2.75, 3.05) is 16.4 Å². The summed E-state index contributed by atoms with van der Waals surface area (Å²) in [5, 5.41) is 6.07. The second-order valence-electron chi connectivity index (χ2n) is 5.02. The number of rotatable bonds is 4. The van der Waals surface area contributed by atoms with Crippen LogP contribution in [0.4, 0.5) is 22.7 Å². The van der Waals surface area contributed by atoms with Gasteiger partial charge >= 0.3 is 0 Å². The molecule has 0 radical (unpaired) electrons. The van der Waals surface area contributed by atoms with Crippen molar-refractivity contribution in [3.05, 3.63) is 78.6 Å². The third-order valence-electron chi connectivity index (χ3n) is 3.24. The third kappa shape index (κ3) is 3.85. The molecular weight excluding hydrogens is 288 g/mol. The molecule has 114 valence electrons. The predicted molar refractivity (Wildman–Crippen MR) is 92.8 cm³/mol. The molecular formula is C18H16N4O. The number of carbonyl (C=O) groups is 1. The van der Waals surface area contributed by atoms with Gasteiger partial charge in [0.1, 0.15) is 0 Å². The number of nitrogens with one attached hydrogen (secondary N) is 2. The highest BCUT2D eigenvalue weighted by Gasteiger charge is 2.07. The van der Waals surface area contributed by atoms with Crippen LogP contribution in [0.2, 0.25) is 0 Å². The van der Waals surface area contributed by atoms with Crippen LogP contribution in [0.15, 0.2) is 73.1 Å². The van der Waals surface area contributed by atoms with Gasteiger partial charge in [0, 0.05) is 40.7 Å². The molecule has 23 heavy (non-hydrogen) atoms. The van der Waals surface area contributed by atoms with Gasteiger partial charge < -0.3 is 16.4 Å². The van der Waals surface area contributed by atoms with E-state index in [1.807, 2.05) is 24.3 Å². The summed E-state index contributed by atoms with van der Waals surface area (Å²) in [6.07, 6.45) is 3.41. The van der Waals surface area contributed by atoms with E-state index in [9.17, 15) is 4.79 Å². The first-order valence-corrected chi connectivity index (χ1v) is 7.15. The van der Waals surface area contributed by atoms with Gasteiger partial charge in [0.25, 0.3) is 5.91 Å². The predicted octanol–water partition coefficient (Wildman–Crippen LogP) is 3.66. The highest BCUT2D eigenvalue weighted by atomic mass is 16.1. The Kier molecular flexibility index (Phi) is 4.20. The summed E-state index contributed by atoms with van der Waals surface area (Å²) in [6.45, 7) is 0. The Hall–Kier alpha value is -3.34. The van der Waals surface area contributed by atoms with E-state index in [4.69, 9.17) is 5.73 Å². The summed E-state index contributed by atoms with van der Waals surface area (Å²) in [6, 6.07) is 18.1. The van der Waals surface area contributed by atoms with Crippen molar-refractivity contribution in [1.82, 2.24) is 4.98 Å². The Labute approximate surface area is 134 Å². The van der Waals surface area contributed by atoms with Crippen LogP contribution in [0.5, 0.6) is 0 Å². The Bertz CT molecular complexity index is 818. The first-order valence-electron chi connectivity index (χ1n) is 7.15. The third-order valence-corrected chi connectivity index (χ3v) is 3.24. The molecule has 0 atom stereocenters. The molecule has 3 rings (SSSR count). The molecule has 1 amide bonds. The second-order valence-corrected chi connectivity index (χ2v) is 5.02. The standard InChI is InChI=1S/C18H16N4O/c19-14-4-2-6-17(12-14)22-18(23)13-3-1-5-16(11-13)21-15-7-9-20-10-8-15/h1-12H,19H2,(H,20,21)(H,22,23). The molecule has 5 nitrogen and oxygen atoms in total. The van der Waals surface area contributed by atoms with Crippen LogP contribution < -0.4 is 16.4 Å². The zero-order valence-corrected chi connectivity index (χ0v) is 12.4. The maximum atomic E-state index is 12.3. The van der Waals surface area contributed by atoms with Crippen LogP contribution >= 0.6 is 0 Å². The van der Waals surface area contributed by atoms with Crippen molar-refractivity contribution in [2.24, 2.45) is 0 Å². The van der Waals surface area contributed by atoms with Gasteiger partial charge in [-0.05, 0) is 48.5 Å². The smallest absolute Gasteiger partial charge is 0.255 e. The minimum atomic E-state index is -0.186. The zero-order chi connectivity index (χ0) is 16.1. The van der Waals surface area contributed by atoms with Crippen LogP contribution in [-0.2, 0) is 0 Å². The molecule has 0 unspecified atom stereocenters. The molecule has 2 aromatic carbocycles. The fraction of sp³-hybridized carbons (Fsp3) is 0. The molecule has 0 spiro atoms. The molecule has 4 N–H and O–H groups in total. The molecule has 1 aromatic heterocycles. The van der Waals surface area contributed by atoms with Gasteiger partial charge in [0.05, 0.1) is 0 Å². The van der Waals surface area contributed by atoms with E-state index in [-0.39, 0.29) is 5.91 Å². The number of amides is 1. The maximum Gasteiger partial charge on any atom is 0.255 e. The van der Waals surface area contributed by atoms with Crippen molar-refractivity contribution >= 4 is 28.7 Å². The molecule has 0 saturated heterocycles. The number of carbonyl (C=O) groups excluding carboxylic acids is 1. The Morgan fingerprint density at radius 2 is 1.61 bits per heavy atom. The van der Waals surface area contributed by atoms with Gasteiger partial charge in [-0.2, -0.15) is 0 Å². The van der Waals surface area contributed by atoms with Gasteiger partial charge in [0.2, 0.25) is 0 Å². The van der Waals surface area contributed by atoms with E-state index >= 15 is 0 Å². The number of aromatic nitrogens is 1. The van der Waals surface area contributed by atoms with Crippen LogP contribution in [0.25, 0.3) is 0 Å². The fourth-order valence-electron chi connectivity index (χ4n) is 2.16. The number of hydrogen-bond donors (Lipinski definition) is 3. The van der Waals surface area contributed by atoms with Crippen LogP contribution in [0.3, 0.4) is 0 Å². The van der Waals surface area contributed by atoms with Crippen LogP contribution in [0, 0.1) is 0 Å². The normalized spacial score (nSPS) is 10.1. The number of pyridine rings is 1. The summed E-state index contributed by atoms with van der Waals surface area (Å²) in [4.78, 5) is 16.3. The summed E-state index contributed by atoms with van der Waals surface area (Å²) in [5.41, 5.74) is 9.30. The molecule has 1 heterocycles. The minimum absolute atomic E-state index is 0.186. The molecule has 3 aromatic rings. The number of nitrogens with zero attached hydrogens (tertiary/aromatic N) is 1. The first kappa shape index (κ1) is 14.6. The van der Waals surface area contributed by atoms with E-state index in [0.29, 0.717) is 16.9 Å². The van der Waals surface area contributed by atoms with E-state index in [1.54, 1.807) is 48.8 Å². The average molecular weight is 304 g/mol. The molecule has 5 heteroatoms. The number of nitrogens with two attached hydrogens (primary N) is 1. The van der Waals surface area contributed by atoms with Gasteiger partial charge in [0.15, 0.2) is 0 Å². The molecule has 0 aliphatic carbocycles. The van der Waals surface area contributed by atoms with Crippen molar-refractivity contribution in [2.45, 2.75) is 0 Å². The Morgan fingerprint density at radius 3 is 2.39 bits per heavy atom. The number of anilines is 4. The van der Waals surface area contributed by atoms with Gasteiger partial charge in [-0.1, -0.05) is 12.1 Å². The first-order chi connectivity index (χ1) is 11.2. The molecule has 0 bridgehead atoms. The second kappa shape index (κ2) is 6.62. The number of benzene rings is 2. The van der Waals surface area contributed by atoms with E-state index in [1.165, 1.54) is 0 Å². The van der Waals surface area contributed by atoms with Gasteiger partial charge in [-0.15, -0.1) is 0 Å². The maximum absolute atomic E-state index is 12.3. The van der Waals surface area contributed by atoms with Crippen LogP contribution in [0.1, 0.15) is 10.4 Å². The van der Waals surface area contributed by atoms with Crippen molar-refractivity contribution in [3.63, 3.8) is 0 Å². The lowest BCUT2D eigenvalue weighted by Gasteiger charge is -2.09. The molecule has 0 aliphatic rings. The quantitative estimate of drug-likeness (QED) is 0.643. The van der Waals surface area contributed by atoms with E-state index < -0.39 is 0 Å². The lowest BCUT2D eigenvalue weighted by atomic mass is 10.1. The van der Waals surface area contributed by atoms with Crippen molar-refractivity contribution in [3.8, 4) is 0 Å². The Morgan fingerprint density at radius 1 is 0.870 bits per heavy atom. The summed E-state index contributed by atoms with van der Waals surface area (Å²) in [5.74, 6) is -0.186. The Balaban J connectivity index is 1.75. The lowest BCUT2D eigenvalue weighted by Crippen LogP contribution is -2.12. The number of hydrogen-bond acceptors (Lipinski definition) is 4. The van der Waals surface area contributed by atoms with E-state index in [2.05, 4.69) is 15.6 Å². The largest absolute Gasteiger partial charge is 0.399 e. The molecule has 0 fully saturated rings. The highest BCUT2D eigenvalue weighted by molar-refractivity contribution is 6.05. The summed E-state index contributed by atoms with van der Waals surface area (Å²) < 4.78 is 0. The average Bonchev–Trinajstić information content (AvgIpc) is 2.56. The van der Waals surface area contributed by atoms with Crippen LogP contribution in [-0.4, -0.2) is 10.9 Å². The highest BCUT2D eigenvalue weighted by Crippen LogP contribution is 2.18. The molecule has 0 aliphatic heterocycles. The van der Waals surface area contributed by atoms with E-state index in [0.717, 1.165) is 11.4 Å². The summed E-state index contributed by atoms with van der Waals surface area (Å²) >= 11 is 0. The van der Waals surface area contributed by atoms with Gasteiger partial charge in [-0.25, -0.2) is 0 Å². The van der Waals surface area contributed by atoms with Gasteiger partial charge in [-0.3, -0.25) is 9.78 Å². The fourth-order valence-corrected chi connectivity index (χ4v) is 2.16. The summed E-state index contributed by atoms with van der Waals surface area (Å²) in [7, 11) is 0. The minimum Gasteiger partial charge on any atom is -0.399 e. The zero-order valence-electron chi connectivity index (χ0n) is 12.4. The molecule has 0 saturated carbocycles. The van der Waals surface area contributed by atoms with Crippen molar-refractivity contribution in [1.29, 1.82) is 0 Å². The van der Waals surface area contributed by atoms with Crippen molar-refractivity contribution < 1.29 is 4.79 Å². The monoisotopic (exact) mass is 304 g/mol. The SMILES string of the molecule is Nc1cccc(NC(=O)c2cccc(Nc3ccncc3)c2)c1.